The topological polar surface area (TPSA) is 42.7 Å². The van der Waals surface area contributed by atoms with Gasteiger partial charge in [-0.2, -0.15) is 13.2 Å². The van der Waals surface area contributed by atoms with E-state index in [1.807, 2.05) is 0 Å². The number of fused-ring (bicyclic) bond motifs is 1. The van der Waals surface area contributed by atoms with E-state index in [0.29, 0.717) is 11.2 Å². The van der Waals surface area contributed by atoms with Crippen LogP contribution >= 0.6 is 11.6 Å². The maximum atomic E-state index is 12.9. The molecule has 0 aliphatic heterocycles. The van der Waals surface area contributed by atoms with Gasteiger partial charge < -0.3 is 9.88 Å². The maximum Gasteiger partial charge on any atom is 0.408 e. The third-order valence-electron chi connectivity index (χ3n) is 2.94. The van der Waals surface area contributed by atoms with Gasteiger partial charge in [0.05, 0.1) is 11.3 Å². The quantitative estimate of drug-likeness (QED) is 0.942. The summed E-state index contributed by atoms with van der Waals surface area (Å²) < 4.78 is 40.4. The molecule has 0 saturated carbocycles. The summed E-state index contributed by atoms with van der Waals surface area (Å²) in [5, 5.41) is 2.67. The molecule has 0 aliphatic carbocycles. The molecule has 0 unspecified atom stereocenters. The number of nitrogens with zero attached hydrogens (tertiary/aromatic N) is 3. The number of pyridine rings is 1. The van der Waals surface area contributed by atoms with Crippen molar-refractivity contribution in [2.75, 3.05) is 5.32 Å². The molecule has 0 amide bonds. The summed E-state index contributed by atoms with van der Waals surface area (Å²) in [7, 11) is 1.70. The molecule has 1 atom stereocenters. The Morgan fingerprint density at radius 1 is 1.35 bits per heavy atom. The molecule has 2 heterocycles. The van der Waals surface area contributed by atoms with E-state index in [1.54, 1.807) is 11.6 Å². The van der Waals surface area contributed by atoms with Crippen LogP contribution in [-0.4, -0.2) is 26.8 Å². The van der Waals surface area contributed by atoms with Crippen molar-refractivity contribution < 1.29 is 13.2 Å². The zero-order valence-electron chi connectivity index (χ0n) is 11.2. The van der Waals surface area contributed by atoms with Crippen molar-refractivity contribution in [2.24, 2.45) is 13.0 Å². The molecule has 0 spiro atoms. The van der Waals surface area contributed by atoms with Gasteiger partial charge in [0.15, 0.2) is 5.65 Å². The van der Waals surface area contributed by atoms with E-state index in [-0.39, 0.29) is 10.8 Å². The largest absolute Gasteiger partial charge is 0.408 e. The molecular weight excluding hydrogens is 293 g/mol. The number of alkyl halides is 3. The highest BCUT2D eigenvalue weighted by Gasteiger charge is 2.41. The lowest BCUT2D eigenvalue weighted by molar-refractivity contribution is -0.150. The highest BCUT2D eigenvalue weighted by molar-refractivity contribution is 6.35. The SMILES string of the molecule is CC(C)[C@@H](Nc1cc(Cl)c2ncn(C)c2n1)C(F)(F)F. The third-order valence-corrected chi connectivity index (χ3v) is 3.23. The van der Waals surface area contributed by atoms with Crippen LogP contribution in [-0.2, 0) is 7.05 Å². The van der Waals surface area contributed by atoms with Crippen molar-refractivity contribution in [3.8, 4) is 0 Å². The Kier molecular flexibility index (Phi) is 3.82. The van der Waals surface area contributed by atoms with Crippen LogP contribution in [0.4, 0.5) is 19.0 Å². The molecule has 0 radical (unpaired) electrons. The summed E-state index contributed by atoms with van der Waals surface area (Å²) in [6, 6.07) is -0.324. The van der Waals surface area contributed by atoms with Crippen molar-refractivity contribution in [1.29, 1.82) is 0 Å². The summed E-state index contributed by atoms with van der Waals surface area (Å²) in [6.45, 7) is 2.99. The van der Waals surface area contributed by atoms with Gasteiger partial charge in [0.1, 0.15) is 17.4 Å². The lowest BCUT2D eigenvalue weighted by Gasteiger charge is -2.25. The number of aryl methyl sites for hydroxylation is 1. The molecule has 4 nitrogen and oxygen atoms in total. The average molecular weight is 307 g/mol. The Hall–Kier alpha value is -1.50. The van der Waals surface area contributed by atoms with Crippen LogP contribution in [0.1, 0.15) is 13.8 Å². The Bertz CT molecular complexity index is 621. The van der Waals surface area contributed by atoms with E-state index >= 15 is 0 Å². The molecule has 2 aromatic rings. The van der Waals surface area contributed by atoms with Crippen molar-refractivity contribution in [3.63, 3.8) is 0 Å². The molecular formula is C12H14ClF3N4. The van der Waals surface area contributed by atoms with Gasteiger partial charge in [-0.25, -0.2) is 9.97 Å². The first-order chi connectivity index (χ1) is 9.20. The van der Waals surface area contributed by atoms with Gasteiger partial charge in [0, 0.05) is 13.1 Å². The highest BCUT2D eigenvalue weighted by atomic mass is 35.5. The van der Waals surface area contributed by atoms with Crippen molar-refractivity contribution in [2.45, 2.75) is 26.1 Å². The number of hydrogen-bond acceptors (Lipinski definition) is 3. The van der Waals surface area contributed by atoms with Gasteiger partial charge in [-0.15, -0.1) is 0 Å². The van der Waals surface area contributed by atoms with Crippen LogP contribution < -0.4 is 5.32 Å². The lowest BCUT2D eigenvalue weighted by Crippen LogP contribution is -2.40. The van der Waals surface area contributed by atoms with Gasteiger partial charge in [-0.1, -0.05) is 25.4 Å². The first-order valence-corrected chi connectivity index (χ1v) is 6.38. The summed E-state index contributed by atoms with van der Waals surface area (Å²) in [4.78, 5) is 8.18. The molecule has 20 heavy (non-hydrogen) atoms. The van der Waals surface area contributed by atoms with E-state index in [1.165, 1.54) is 26.2 Å². The normalized spacial score (nSPS) is 14.0. The Morgan fingerprint density at radius 3 is 2.55 bits per heavy atom. The number of imidazole rings is 1. The zero-order valence-corrected chi connectivity index (χ0v) is 11.9. The van der Waals surface area contributed by atoms with Crippen LogP contribution in [0, 0.1) is 5.92 Å². The van der Waals surface area contributed by atoms with Crippen molar-refractivity contribution in [1.82, 2.24) is 14.5 Å². The molecule has 0 bridgehead atoms. The summed E-state index contributed by atoms with van der Waals surface area (Å²) in [5.41, 5.74) is 0.900. The fraction of sp³-hybridized carbons (Fsp3) is 0.500. The van der Waals surface area contributed by atoms with E-state index in [4.69, 9.17) is 11.6 Å². The van der Waals surface area contributed by atoms with Crippen molar-refractivity contribution in [3.05, 3.63) is 17.4 Å². The standard InChI is InChI=1S/C12H14ClF3N4/c1-6(2)10(12(14,15)16)18-8-4-7(13)9-11(19-8)20(3)5-17-9/h4-6,10H,1-3H3,(H,18,19)/t10-/m1/s1. The highest BCUT2D eigenvalue weighted by Crippen LogP contribution is 2.30. The Balaban J connectivity index is 2.40. The van der Waals surface area contributed by atoms with Crippen molar-refractivity contribution >= 4 is 28.6 Å². The van der Waals surface area contributed by atoms with Crippen LogP contribution in [0.25, 0.3) is 11.2 Å². The number of halogens is 4. The molecule has 0 saturated heterocycles. The van der Waals surface area contributed by atoms with Crippen LogP contribution in [0.3, 0.4) is 0 Å². The lowest BCUT2D eigenvalue weighted by atomic mass is 10.0. The summed E-state index contributed by atoms with van der Waals surface area (Å²) in [5.74, 6) is -0.542. The van der Waals surface area contributed by atoms with Gasteiger partial charge in [0.25, 0.3) is 0 Å². The van der Waals surface area contributed by atoms with E-state index in [2.05, 4.69) is 15.3 Å². The molecule has 8 heteroatoms. The first-order valence-electron chi connectivity index (χ1n) is 6.01. The first kappa shape index (κ1) is 14.9. The Morgan fingerprint density at radius 2 is 2.00 bits per heavy atom. The van der Waals surface area contributed by atoms with E-state index < -0.39 is 18.1 Å². The second-order valence-electron chi connectivity index (χ2n) is 4.92. The maximum absolute atomic E-state index is 12.9. The number of anilines is 1. The van der Waals surface area contributed by atoms with Gasteiger partial charge in [0.2, 0.25) is 0 Å². The average Bonchev–Trinajstić information content (AvgIpc) is 2.67. The molecule has 2 rings (SSSR count). The monoisotopic (exact) mass is 306 g/mol. The fourth-order valence-corrected chi connectivity index (χ4v) is 2.16. The van der Waals surface area contributed by atoms with Crippen LogP contribution in [0.2, 0.25) is 5.02 Å². The predicted molar refractivity (Wildman–Crippen MR) is 71.8 cm³/mol. The second-order valence-corrected chi connectivity index (χ2v) is 5.33. The number of rotatable bonds is 3. The van der Waals surface area contributed by atoms with Gasteiger partial charge >= 0.3 is 6.18 Å². The van der Waals surface area contributed by atoms with Crippen LogP contribution in [0.5, 0.6) is 0 Å². The molecule has 1 N–H and O–H groups in total. The summed E-state index contributed by atoms with van der Waals surface area (Å²) >= 11 is 6.02. The molecule has 0 fully saturated rings. The molecule has 110 valence electrons. The number of hydrogen-bond donors (Lipinski definition) is 1. The Labute approximate surface area is 119 Å². The van der Waals surface area contributed by atoms with Gasteiger partial charge in [-0.3, -0.25) is 0 Å². The minimum absolute atomic E-state index is 0.0853. The zero-order chi connectivity index (χ0) is 15.1. The minimum atomic E-state index is -4.36. The molecule has 0 aromatic carbocycles. The van der Waals surface area contributed by atoms with E-state index in [9.17, 15) is 13.2 Å². The molecule has 0 aliphatic rings. The van der Waals surface area contributed by atoms with Crippen LogP contribution in [0.15, 0.2) is 12.4 Å². The summed E-state index contributed by atoms with van der Waals surface area (Å²) in [6.07, 6.45) is -2.85. The second kappa shape index (κ2) is 5.12. The fourth-order valence-electron chi connectivity index (χ4n) is 1.92. The van der Waals surface area contributed by atoms with Gasteiger partial charge in [-0.05, 0) is 5.92 Å². The number of aromatic nitrogens is 3. The molecule has 2 aromatic heterocycles. The number of nitrogens with one attached hydrogen (secondary N) is 1. The van der Waals surface area contributed by atoms with E-state index in [0.717, 1.165) is 0 Å². The third kappa shape index (κ3) is 2.82. The minimum Gasteiger partial charge on any atom is -0.358 e. The predicted octanol–water partition coefficient (Wildman–Crippen LogP) is 3.62. The smallest absolute Gasteiger partial charge is 0.358 e.